The number of Topliss-reactive ketones (excluding diaryl/α,β-unsaturated/α-hetero) is 1. The highest BCUT2D eigenvalue weighted by Gasteiger charge is 2.69. The van der Waals surface area contributed by atoms with Gasteiger partial charge < -0.3 is 24.8 Å². The first kappa shape index (κ1) is 36.7. The minimum Gasteiger partial charge on any atom is -0.458 e. The number of allylic oxidation sites excluding steroid dienone is 1. The number of rotatable bonds is 17. The van der Waals surface area contributed by atoms with Crippen LogP contribution in [-0.4, -0.2) is 74.0 Å². The van der Waals surface area contributed by atoms with Crippen LogP contribution in [0.5, 0.6) is 0 Å². The van der Waals surface area contributed by atoms with Gasteiger partial charge in [-0.15, -0.1) is 0 Å². The van der Waals surface area contributed by atoms with Gasteiger partial charge in [0.25, 0.3) is 0 Å². The summed E-state index contributed by atoms with van der Waals surface area (Å²) in [6, 6.07) is 0. The van der Waals surface area contributed by atoms with E-state index in [1.165, 1.54) is 24.6 Å². The number of esters is 1. The SMILES string of the molecule is C=CC(=O)NCCCCOC1C[C@@]2(C)[C@@H](CC[C@]2(OCCCCNC(=O)C=C)C(=O)COC(C)=O)[C@@H]2CCC3=CC(=O)CC[C@]3(C)[C@@H]12. The Hall–Kier alpha value is -3.11. The molecule has 0 saturated heterocycles. The molecular formula is C37H54N2O8. The molecule has 0 radical (unpaired) electrons. The van der Waals surface area contributed by atoms with Crippen molar-refractivity contribution in [3.63, 3.8) is 0 Å². The third-order valence-electron chi connectivity index (χ3n) is 11.6. The molecule has 2 N–H and O–H groups in total. The number of hydrogen-bond acceptors (Lipinski definition) is 8. The molecule has 47 heavy (non-hydrogen) atoms. The van der Waals surface area contributed by atoms with Crippen molar-refractivity contribution < 1.29 is 38.2 Å². The van der Waals surface area contributed by atoms with Crippen molar-refractivity contribution in [1.82, 2.24) is 10.6 Å². The molecule has 0 heterocycles. The van der Waals surface area contributed by atoms with E-state index in [4.69, 9.17) is 14.2 Å². The molecule has 0 aromatic heterocycles. The van der Waals surface area contributed by atoms with Crippen molar-refractivity contribution >= 4 is 29.4 Å². The van der Waals surface area contributed by atoms with Crippen LogP contribution in [0.25, 0.3) is 0 Å². The number of unbranched alkanes of at least 4 members (excludes halogenated alkanes) is 2. The lowest BCUT2D eigenvalue weighted by molar-refractivity contribution is -0.205. The quantitative estimate of drug-likeness (QED) is 0.132. The first-order valence-corrected chi connectivity index (χ1v) is 17.4. The van der Waals surface area contributed by atoms with E-state index in [1.807, 2.05) is 6.08 Å². The van der Waals surface area contributed by atoms with Crippen LogP contribution in [0, 0.1) is 28.6 Å². The summed E-state index contributed by atoms with van der Waals surface area (Å²) >= 11 is 0. The van der Waals surface area contributed by atoms with Gasteiger partial charge in [0, 0.05) is 45.1 Å². The van der Waals surface area contributed by atoms with Crippen LogP contribution in [0.15, 0.2) is 37.0 Å². The maximum absolute atomic E-state index is 14.2. The van der Waals surface area contributed by atoms with Gasteiger partial charge in [-0.1, -0.05) is 32.6 Å². The molecule has 0 spiro atoms. The molecular weight excluding hydrogens is 600 g/mol. The second kappa shape index (κ2) is 15.9. The van der Waals surface area contributed by atoms with Gasteiger partial charge in [0.1, 0.15) is 5.60 Å². The predicted molar refractivity (Wildman–Crippen MR) is 177 cm³/mol. The Labute approximate surface area is 279 Å². The average Bonchev–Trinajstić information content (AvgIpc) is 3.35. The zero-order valence-electron chi connectivity index (χ0n) is 28.5. The summed E-state index contributed by atoms with van der Waals surface area (Å²) in [4.78, 5) is 61.6. The van der Waals surface area contributed by atoms with Crippen molar-refractivity contribution in [2.45, 2.75) is 103 Å². The highest BCUT2D eigenvalue weighted by molar-refractivity contribution is 5.92. The van der Waals surface area contributed by atoms with Crippen LogP contribution in [0.1, 0.15) is 91.4 Å². The smallest absolute Gasteiger partial charge is 0.303 e. The van der Waals surface area contributed by atoms with E-state index in [0.717, 1.165) is 38.5 Å². The Kier molecular flexibility index (Phi) is 12.4. The van der Waals surface area contributed by atoms with E-state index in [0.29, 0.717) is 58.4 Å². The fourth-order valence-electron chi connectivity index (χ4n) is 9.36. The third kappa shape index (κ3) is 7.80. The largest absolute Gasteiger partial charge is 0.458 e. The van der Waals surface area contributed by atoms with E-state index >= 15 is 0 Å². The van der Waals surface area contributed by atoms with E-state index in [2.05, 4.69) is 37.6 Å². The van der Waals surface area contributed by atoms with E-state index in [-0.39, 0.29) is 59.3 Å². The molecule has 3 fully saturated rings. The summed E-state index contributed by atoms with van der Waals surface area (Å²) in [6.45, 7) is 14.3. The summed E-state index contributed by atoms with van der Waals surface area (Å²) in [5.41, 5.74) is -0.634. The Morgan fingerprint density at radius 3 is 2.23 bits per heavy atom. The Morgan fingerprint density at radius 1 is 0.936 bits per heavy atom. The number of nitrogens with one attached hydrogen (secondary N) is 2. The maximum atomic E-state index is 14.2. The lowest BCUT2D eigenvalue weighted by atomic mass is 9.45. The van der Waals surface area contributed by atoms with Crippen molar-refractivity contribution in [2.75, 3.05) is 32.9 Å². The number of fused-ring (bicyclic) bond motifs is 5. The minimum atomic E-state index is -1.14. The topological polar surface area (TPSA) is 137 Å². The van der Waals surface area contributed by atoms with Crippen molar-refractivity contribution in [1.29, 1.82) is 0 Å². The van der Waals surface area contributed by atoms with Crippen LogP contribution in [0.2, 0.25) is 0 Å². The number of amides is 2. The predicted octanol–water partition coefficient (Wildman–Crippen LogP) is 4.57. The Balaban J connectivity index is 1.60. The number of carbonyl (C=O) groups is 5. The van der Waals surface area contributed by atoms with Gasteiger partial charge in [-0.05, 0) is 106 Å². The van der Waals surface area contributed by atoms with Crippen molar-refractivity contribution in [3.05, 3.63) is 37.0 Å². The van der Waals surface area contributed by atoms with E-state index < -0.39 is 17.0 Å². The fraction of sp³-hybridized carbons (Fsp3) is 0.703. The fourth-order valence-corrected chi connectivity index (χ4v) is 9.36. The average molecular weight is 655 g/mol. The monoisotopic (exact) mass is 654 g/mol. The maximum Gasteiger partial charge on any atom is 0.303 e. The van der Waals surface area contributed by atoms with Gasteiger partial charge in [-0.25, -0.2) is 0 Å². The highest BCUT2D eigenvalue weighted by Crippen LogP contribution is 2.69. The normalized spacial score (nSPS) is 32.6. The first-order chi connectivity index (χ1) is 22.4. The van der Waals surface area contributed by atoms with Crippen LogP contribution in [-0.2, 0) is 38.2 Å². The Bertz CT molecular complexity index is 1260. The standard InChI is InChI=1S/C37H54N2O8/c1-6-32(43)38-18-8-10-20-45-30-23-36(5)29(28-13-12-26-22-27(41)14-16-35(26,4)34(28)30)15-17-37(36,31(42)24-46-25(3)40)47-21-11-9-19-39-33(44)7-2/h6-7,22,28-30,34H,1-2,8-21,23-24H2,3-5H3,(H,38,43)(H,39,44)/t28-,29-,30?,34+,35-,36-,37-/m0/s1. The molecule has 0 bridgehead atoms. The zero-order chi connectivity index (χ0) is 34.2. The summed E-state index contributed by atoms with van der Waals surface area (Å²) in [6.07, 6.45) is 12.2. The van der Waals surface area contributed by atoms with Crippen molar-refractivity contribution in [3.8, 4) is 0 Å². The van der Waals surface area contributed by atoms with Gasteiger partial charge in [-0.3, -0.25) is 24.0 Å². The second-order valence-electron chi connectivity index (χ2n) is 14.2. The van der Waals surface area contributed by atoms with Crippen LogP contribution >= 0.6 is 0 Å². The van der Waals surface area contributed by atoms with Crippen LogP contribution < -0.4 is 10.6 Å². The van der Waals surface area contributed by atoms with E-state index in [1.54, 1.807) is 0 Å². The molecule has 260 valence electrons. The molecule has 3 saturated carbocycles. The van der Waals surface area contributed by atoms with Crippen molar-refractivity contribution in [2.24, 2.45) is 28.6 Å². The molecule has 0 aromatic carbocycles. The summed E-state index contributed by atoms with van der Waals surface area (Å²) in [5.74, 6) is -0.265. The summed E-state index contributed by atoms with van der Waals surface area (Å²) in [5, 5.41) is 5.60. The zero-order valence-corrected chi connectivity index (χ0v) is 28.5. The molecule has 4 aliphatic carbocycles. The van der Waals surface area contributed by atoms with Crippen LogP contribution in [0.3, 0.4) is 0 Å². The number of ether oxygens (including phenoxy) is 3. The molecule has 7 atom stereocenters. The van der Waals surface area contributed by atoms with Gasteiger partial charge in [-0.2, -0.15) is 0 Å². The van der Waals surface area contributed by atoms with E-state index in [9.17, 15) is 24.0 Å². The highest BCUT2D eigenvalue weighted by atomic mass is 16.5. The number of carbonyl (C=O) groups excluding carboxylic acids is 5. The molecule has 10 nitrogen and oxygen atoms in total. The van der Waals surface area contributed by atoms with Gasteiger partial charge >= 0.3 is 5.97 Å². The minimum absolute atomic E-state index is 0.162. The molecule has 1 unspecified atom stereocenters. The first-order valence-electron chi connectivity index (χ1n) is 17.4. The van der Waals surface area contributed by atoms with Gasteiger partial charge in [0.15, 0.2) is 12.4 Å². The molecule has 0 aliphatic heterocycles. The lowest BCUT2D eigenvalue weighted by Crippen LogP contribution is -2.63. The van der Waals surface area contributed by atoms with Gasteiger partial charge in [0.2, 0.25) is 17.6 Å². The molecule has 10 heteroatoms. The third-order valence-corrected chi connectivity index (χ3v) is 11.6. The number of ketones is 2. The van der Waals surface area contributed by atoms with Crippen LogP contribution in [0.4, 0.5) is 0 Å². The van der Waals surface area contributed by atoms with Gasteiger partial charge in [0.05, 0.1) is 6.10 Å². The molecule has 4 aliphatic rings. The second-order valence-corrected chi connectivity index (χ2v) is 14.2. The summed E-state index contributed by atoms with van der Waals surface area (Å²) < 4.78 is 18.8. The lowest BCUT2D eigenvalue weighted by Gasteiger charge is -2.61. The molecule has 2 amide bonds. The summed E-state index contributed by atoms with van der Waals surface area (Å²) in [7, 11) is 0. The molecule has 0 aromatic rings. The molecule has 4 rings (SSSR count). The Morgan fingerprint density at radius 2 is 1.60 bits per heavy atom. The number of hydrogen-bond donors (Lipinski definition) is 2.